The zero-order valence-corrected chi connectivity index (χ0v) is 14.9. The van der Waals surface area contributed by atoms with Crippen LogP contribution in [0.5, 0.6) is 0 Å². The van der Waals surface area contributed by atoms with Crippen molar-refractivity contribution in [1.82, 2.24) is 9.97 Å². The summed E-state index contributed by atoms with van der Waals surface area (Å²) in [4.78, 5) is 8.29. The Bertz CT molecular complexity index is 1000. The minimum Gasteiger partial charge on any atom is -0.357 e. The minimum atomic E-state index is -5.00. The summed E-state index contributed by atoms with van der Waals surface area (Å²) in [5.41, 5.74) is -2.27. The largest absolute Gasteiger partial charge is 0.418 e. The molecule has 2 N–H and O–H groups in total. The third kappa shape index (κ3) is 4.76. The first-order chi connectivity index (χ1) is 13.6. The molecule has 2 aromatic carbocycles. The van der Waals surface area contributed by atoms with E-state index in [2.05, 4.69) is 20.6 Å². The van der Waals surface area contributed by atoms with Crippen LogP contribution < -0.4 is 10.6 Å². The van der Waals surface area contributed by atoms with Crippen molar-refractivity contribution in [3.63, 3.8) is 0 Å². The average Bonchev–Trinajstić information content (AvgIpc) is 2.67. The lowest BCUT2D eigenvalue weighted by atomic mass is 10.1. The maximum Gasteiger partial charge on any atom is 0.418 e. The van der Waals surface area contributed by atoms with Gasteiger partial charge in [0.15, 0.2) is 0 Å². The summed E-state index contributed by atoms with van der Waals surface area (Å²) < 4.78 is 78.6. The Balaban J connectivity index is 2.06. The van der Waals surface area contributed by atoms with Gasteiger partial charge < -0.3 is 10.6 Å². The first kappa shape index (κ1) is 20.4. The van der Waals surface area contributed by atoms with E-state index >= 15 is 0 Å². The molecule has 0 radical (unpaired) electrons. The summed E-state index contributed by atoms with van der Waals surface area (Å²) >= 11 is 0. The molecule has 0 aliphatic rings. The van der Waals surface area contributed by atoms with Crippen molar-refractivity contribution in [2.45, 2.75) is 12.4 Å². The smallest absolute Gasteiger partial charge is 0.357 e. The molecule has 3 rings (SSSR count). The second-order valence-electron chi connectivity index (χ2n) is 5.96. The molecule has 0 atom stereocenters. The lowest BCUT2D eigenvalue weighted by molar-refractivity contribution is -0.142. The molecule has 0 amide bonds. The normalized spacial score (nSPS) is 12.0. The highest BCUT2D eigenvalue weighted by atomic mass is 19.4. The van der Waals surface area contributed by atoms with E-state index in [0.29, 0.717) is 17.3 Å². The van der Waals surface area contributed by atoms with Gasteiger partial charge in [-0.15, -0.1) is 0 Å². The molecule has 0 fully saturated rings. The molecule has 0 aliphatic heterocycles. The van der Waals surface area contributed by atoms with Crippen LogP contribution in [-0.4, -0.2) is 17.0 Å². The highest BCUT2D eigenvalue weighted by Crippen LogP contribution is 2.40. The zero-order valence-electron chi connectivity index (χ0n) is 14.9. The Hall–Kier alpha value is -3.30. The number of rotatable bonds is 4. The molecule has 0 aliphatic carbocycles. The third-order valence-corrected chi connectivity index (χ3v) is 3.93. The number of nitrogens with one attached hydrogen (secondary N) is 2. The van der Waals surface area contributed by atoms with E-state index in [-0.39, 0.29) is 17.8 Å². The Kier molecular flexibility index (Phi) is 5.36. The van der Waals surface area contributed by atoms with E-state index < -0.39 is 29.2 Å². The van der Waals surface area contributed by atoms with Gasteiger partial charge in [0.25, 0.3) is 0 Å². The maximum absolute atomic E-state index is 13.4. The zero-order chi connectivity index (χ0) is 21.2. The number of halogens is 6. The molecule has 0 spiro atoms. The Morgan fingerprint density at radius 3 is 2.07 bits per heavy atom. The Morgan fingerprint density at radius 2 is 1.48 bits per heavy atom. The van der Waals surface area contributed by atoms with Crippen molar-refractivity contribution < 1.29 is 26.3 Å². The van der Waals surface area contributed by atoms with Crippen LogP contribution >= 0.6 is 0 Å². The van der Waals surface area contributed by atoms with E-state index in [9.17, 15) is 26.3 Å². The molecule has 0 saturated heterocycles. The molecule has 0 unspecified atom stereocenters. The topological polar surface area (TPSA) is 49.8 Å². The number of benzene rings is 2. The molecular formula is C19H14F6N4. The van der Waals surface area contributed by atoms with Gasteiger partial charge in [0.2, 0.25) is 5.95 Å². The number of anilines is 3. The number of aromatic nitrogens is 2. The molecule has 1 heterocycles. The molecule has 152 valence electrons. The van der Waals surface area contributed by atoms with Crippen molar-refractivity contribution in [2.24, 2.45) is 0 Å². The van der Waals surface area contributed by atoms with Crippen LogP contribution in [0.3, 0.4) is 0 Å². The van der Waals surface area contributed by atoms with Crippen LogP contribution in [0.25, 0.3) is 11.3 Å². The molecule has 4 nitrogen and oxygen atoms in total. The van der Waals surface area contributed by atoms with Crippen molar-refractivity contribution in [2.75, 3.05) is 17.7 Å². The highest BCUT2D eigenvalue weighted by Gasteiger charge is 2.38. The second kappa shape index (κ2) is 7.61. The fourth-order valence-corrected chi connectivity index (χ4v) is 2.58. The lowest BCUT2D eigenvalue weighted by Crippen LogP contribution is -2.13. The van der Waals surface area contributed by atoms with Gasteiger partial charge in [-0.2, -0.15) is 31.3 Å². The molecule has 3 aromatic rings. The van der Waals surface area contributed by atoms with E-state index in [1.807, 2.05) is 0 Å². The van der Waals surface area contributed by atoms with Crippen LogP contribution in [0.15, 0.2) is 54.6 Å². The molecule has 0 bridgehead atoms. The SMILES string of the molecule is CNc1nc(Nc2ccc(C(F)(F)F)cc2C(F)(F)F)cc(-c2ccccc2)n1. The van der Waals surface area contributed by atoms with Crippen LogP contribution in [-0.2, 0) is 12.4 Å². The number of hydrogen-bond donors (Lipinski definition) is 2. The number of nitrogens with zero attached hydrogens (tertiary/aromatic N) is 2. The van der Waals surface area contributed by atoms with Crippen molar-refractivity contribution in [1.29, 1.82) is 0 Å². The second-order valence-corrected chi connectivity index (χ2v) is 5.96. The highest BCUT2D eigenvalue weighted by molar-refractivity contribution is 5.69. The summed E-state index contributed by atoms with van der Waals surface area (Å²) in [5, 5.41) is 5.17. The van der Waals surface area contributed by atoms with Crippen LogP contribution in [0.4, 0.5) is 43.8 Å². The summed E-state index contributed by atoms with van der Waals surface area (Å²) in [6, 6.07) is 11.6. The minimum absolute atomic E-state index is 0.00605. The number of alkyl halides is 6. The van der Waals surface area contributed by atoms with Crippen LogP contribution in [0, 0.1) is 0 Å². The van der Waals surface area contributed by atoms with Crippen LogP contribution in [0.1, 0.15) is 11.1 Å². The fourth-order valence-electron chi connectivity index (χ4n) is 2.58. The molecular weight excluding hydrogens is 398 g/mol. The van der Waals surface area contributed by atoms with E-state index in [1.165, 1.54) is 13.1 Å². The third-order valence-electron chi connectivity index (χ3n) is 3.93. The summed E-state index contributed by atoms with van der Waals surface area (Å²) in [5.74, 6) is 0.128. The van der Waals surface area contributed by atoms with Crippen LogP contribution in [0.2, 0.25) is 0 Å². The van der Waals surface area contributed by atoms with Gasteiger partial charge in [-0.1, -0.05) is 30.3 Å². The van der Waals surface area contributed by atoms with Crippen molar-refractivity contribution in [3.05, 3.63) is 65.7 Å². The van der Waals surface area contributed by atoms with Crippen molar-refractivity contribution >= 4 is 17.5 Å². The molecule has 10 heteroatoms. The summed E-state index contributed by atoms with van der Waals surface area (Å²) in [7, 11) is 1.53. The predicted molar refractivity (Wildman–Crippen MR) is 96.7 cm³/mol. The monoisotopic (exact) mass is 412 g/mol. The van der Waals surface area contributed by atoms with Gasteiger partial charge in [-0.25, -0.2) is 4.98 Å². The van der Waals surface area contributed by atoms with Crippen molar-refractivity contribution in [3.8, 4) is 11.3 Å². The first-order valence-electron chi connectivity index (χ1n) is 8.25. The van der Waals surface area contributed by atoms with E-state index in [4.69, 9.17) is 0 Å². The Morgan fingerprint density at radius 1 is 0.793 bits per heavy atom. The number of hydrogen-bond acceptors (Lipinski definition) is 4. The standard InChI is InChI=1S/C19H14F6N4/c1-26-17-28-15(11-5-3-2-4-6-11)10-16(29-17)27-14-8-7-12(18(20,21)22)9-13(14)19(23,24)25/h2-10H,1H3,(H2,26,27,28,29). The van der Waals surface area contributed by atoms with Gasteiger partial charge in [0.1, 0.15) is 5.82 Å². The van der Waals surface area contributed by atoms with E-state index in [0.717, 1.165) is 6.07 Å². The quantitative estimate of drug-likeness (QED) is 0.519. The predicted octanol–water partition coefficient (Wildman–Crippen LogP) is 5.97. The van der Waals surface area contributed by atoms with Gasteiger partial charge in [0.05, 0.1) is 22.5 Å². The fraction of sp³-hybridized carbons (Fsp3) is 0.158. The van der Waals surface area contributed by atoms with Gasteiger partial charge >= 0.3 is 12.4 Å². The summed E-state index contributed by atoms with van der Waals surface area (Å²) in [6.45, 7) is 0. The lowest BCUT2D eigenvalue weighted by Gasteiger charge is -2.17. The Labute approximate surface area is 161 Å². The molecule has 29 heavy (non-hydrogen) atoms. The van der Waals surface area contributed by atoms with Gasteiger partial charge in [-0.05, 0) is 18.2 Å². The summed E-state index contributed by atoms with van der Waals surface area (Å²) in [6.07, 6.45) is -9.89. The van der Waals surface area contributed by atoms with E-state index in [1.54, 1.807) is 30.3 Å². The average molecular weight is 412 g/mol. The maximum atomic E-state index is 13.4. The van der Waals surface area contributed by atoms with Gasteiger partial charge in [0, 0.05) is 18.7 Å². The van der Waals surface area contributed by atoms with Gasteiger partial charge in [-0.3, -0.25) is 0 Å². The molecule has 0 saturated carbocycles. The molecule has 1 aromatic heterocycles. The first-order valence-corrected chi connectivity index (χ1v) is 8.25.